The van der Waals surface area contributed by atoms with E-state index < -0.39 is 11.0 Å². The molecule has 0 saturated heterocycles. The Bertz CT molecular complexity index is 368. The maximum absolute atomic E-state index is 10.6. The summed E-state index contributed by atoms with van der Waals surface area (Å²) in [5.74, 6) is -0.198. The highest BCUT2D eigenvalue weighted by molar-refractivity contribution is 5.67. The Balaban J connectivity index is 2.96. The molecule has 0 aliphatic carbocycles. The molecule has 1 atom stereocenters. The van der Waals surface area contributed by atoms with E-state index in [0.717, 1.165) is 6.33 Å². The third-order valence-corrected chi connectivity index (χ3v) is 1.60. The first-order valence-electron chi connectivity index (χ1n) is 4.19. The van der Waals surface area contributed by atoms with E-state index in [1.54, 1.807) is 6.92 Å². The van der Waals surface area contributed by atoms with E-state index in [-0.39, 0.29) is 23.9 Å². The number of nitrogens with two attached hydrogens (primary N) is 1. The molecule has 0 aliphatic rings. The zero-order chi connectivity index (χ0) is 11.4. The fourth-order valence-corrected chi connectivity index (χ4v) is 0.946. The molecule has 0 radical (unpaired) electrons. The van der Waals surface area contributed by atoms with Crippen LogP contribution < -0.4 is 11.1 Å². The molecule has 0 saturated carbocycles. The molecule has 0 aromatic carbocycles. The summed E-state index contributed by atoms with van der Waals surface area (Å²) >= 11 is 0. The van der Waals surface area contributed by atoms with Crippen LogP contribution in [-0.4, -0.2) is 32.6 Å². The Morgan fingerprint density at radius 1 is 1.73 bits per heavy atom. The zero-order valence-electron chi connectivity index (χ0n) is 8.04. The molecular weight excluding hydrogens is 202 g/mol. The van der Waals surface area contributed by atoms with E-state index >= 15 is 0 Å². The third-order valence-electron chi connectivity index (χ3n) is 1.60. The summed E-state index contributed by atoms with van der Waals surface area (Å²) in [5, 5.41) is 22.2. The van der Waals surface area contributed by atoms with Gasteiger partial charge in [0.15, 0.2) is 0 Å². The SMILES string of the molecule is CC(O)CNc1ncnc(N)c1[N+](=O)[O-]. The molecule has 4 N–H and O–H groups in total. The molecule has 15 heavy (non-hydrogen) atoms. The highest BCUT2D eigenvalue weighted by Gasteiger charge is 2.20. The molecule has 1 unspecified atom stereocenters. The van der Waals surface area contributed by atoms with E-state index in [2.05, 4.69) is 15.3 Å². The van der Waals surface area contributed by atoms with Crippen molar-refractivity contribution in [2.24, 2.45) is 0 Å². The summed E-state index contributed by atoms with van der Waals surface area (Å²) in [6.07, 6.45) is 0.480. The van der Waals surface area contributed by atoms with Crippen molar-refractivity contribution >= 4 is 17.3 Å². The van der Waals surface area contributed by atoms with Gasteiger partial charge < -0.3 is 16.2 Å². The van der Waals surface area contributed by atoms with Crippen molar-refractivity contribution < 1.29 is 10.0 Å². The third kappa shape index (κ3) is 2.74. The average molecular weight is 213 g/mol. The van der Waals surface area contributed by atoms with E-state index in [0.29, 0.717) is 0 Å². The summed E-state index contributed by atoms with van der Waals surface area (Å²) in [4.78, 5) is 17.2. The maximum atomic E-state index is 10.6. The predicted molar refractivity (Wildman–Crippen MR) is 53.3 cm³/mol. The minimum absolute atomic E-state index is 0.00778. The second-order valence-corrected chi connectivity index (χ2v) is 2.94. The van der Waals surface area contributed by atoms with Crippen LogP contribution >= 0.6 is 0 Å². The largest absolute Gasteiger partial charge is 0.392 e. The fourth-order valence-electron chi connectivity index (χ4n) is 0.946. The zero-order valence-corrected chi connectivity index (χ0v) is 8.04. The van der Waals surface area contributed by atoms with E-state index in [1.807, 2.05) is 0 Å². The number of aliphatic hydroxyl groups excluding tert-OH is 1. The van der Waals surface area contributed by atoms with Gasteiger partial charge in [-0.3, -0.25) is 10.1 Å². The van der Waals surface area contributed by atoms with Crippen LogP contribution in [0, 0.1) is 10.1 Å². The first-order valence-corrected chi connectivity index (χ1v) is 4.19. The van der Waals surface area contributed by atoms with Crippen LogP contribution in [0.25, 0.3) is 0 Å². The highest BCUT2D eigenvalue weighted by Crippen LogP contribution is 2.25. The van der Waals surface area contributed by atoms with Crippen molar-refractivity contribution in [1.82, 2.24) is 9.97 Å². The van der Waals surface area contributed by atoms with Gasteiger partial charge in [-0.25, -0.2) is 9.97 Å². The number of hydrogen-bond donors (Lipinski definition) is 3. The number of hydrogen-bond acceptors (Lipinski definition) is 7. The predicted octanol–water partition coefficient (Wildman–Crippen LogP) is -0.240. The Morgan fingerprint density at radius 3 is 2.93 bits per heavy atom. The number of rotatable bonds is 4. The molecule has 1 aromatic rings. The average Bonchev–Trinajstić information content (AvgIpc) is 2.13. The van der Waals surface area contributed by atoms with E-state index in [4.69, 9.17) is 10.8 Å². The molecule has 0 spiro atoms. The van der Waals surface area contributed by atoms with Gasteiger partial charge in [-0.2, -0.15) is 0 Å². The van der Waals surface area contributed by atoms with Gasteiger partial charge in [-0.15, -0.1) is 0 Å². The lowest BCUT2D eigenvalue weighted by Gasteiger charge is -2.07. The van der Waals surface area contributed by atoms with Crippen LogP contribution in [0.15, 0.2) is 6.33 Å². The number of aromatic nitrogens is 2. The lowest BCUT2D eigenvalue weighted by Crippen LogP contribution is -2.17. The topological polar surface area (TPSA) is 127 Å². The summed E-state index contributed by atoms with van der Waals surface area (Å²) in [6.45, 7) is 1.70. The highest BCUT2D eigenvalue weighted by atomic mass is 16.6. The molecule has 82 valence electrons. The summed E-state index contributed by atoms with van der Waals surface area (Å²) in [7, 11) is 0. The van der Waals surface area contributed by atoms with Crippen molar-refractivity contribution in [3.63, 3.8) is 0 Å². The lowest BCUT2D eigenvalue weighted by molar-refractivity contribution is -0.383. The van der Waals surface area contributed by atoms with Crippen LogP contribution in [0.2, 0.25) is 0 Å². The van der Waals surface area contributed by atoms with E-state index in [9.17, 15) is 10.1 Å². The van der Waals surface area contributed by atoms with Crippen molar-refractivity contribution in [1.29, 1.82) is 0 Å². The molecular formula is C7H11N5O3. The number of nitrogens with zero attached hydrogens (tertiary/aromatic N) is 3. The Kier molecular flexibility index (Phi) is 3.34. The van der Waals surface area contributed by atoms with Gasteiger partial charge in [0.1, 0.15) is 6.33 Å². The molecule has 1 rings (SSSR count). The van der Waals surface area contributed by atoms with Crippen molar-refractivity contribution in [2.75, 3.05) is 17.6 Å². The minimum atomic E-state index is -0.667. The van der Waals surface area contributed by atoms with Crippen molar-refractivity contribution in [3.05, 3.63) is 16.4 Å². The van der Waals surface area contributed by atoms with E-state index in [1.165, 1.54) is 0 Å². The number of aliphatic hydroxyl groups is 1. The van der Waals surface area contributed by atoms with Crippen molar-refractivity contribution in [3.8, 4) is 0 Å². The van der Waals surface area contributed by atoms with Gasteiger partial charge in [0.05, 0.1) is 11.0 Å². The molecule has 1 heterocycles. The fraction of sp³-hybridized carbons (Fsp3) is 0.429. The first-order chi connectivity index (χ1) is 7.02. The maximum Gasteiger partial charge on any atom is 0.352 e. The molecule has 0 aliphatic heterocycles. The van der Waals surface area contributed by atoms with Crippen molar-refractivity contribution in [2.45, 2.75) is 13.0 Å². The Hall–Kier alpha value is -1.96. The van der Waals surface area contributed by atoms with Gasteiger partial charge in [0.2, 0.25) is 11.6 Å². The first kappa shape index (κ1) is 11.1. The normalized spacial score (nSPS) is 12.1. The van der Waals surface area contributed by atoms with Gasteiger partial charge in [-0.1, -0.05) is 0 Å². The molecule has 8 heteroatoms. The molecule has 8 nitrogen and oxygen atoms in total. The van der Waals surface area contributed by atoms with Crippen LogP contribution in [0.1, 0.15) is 6.92 Å². The minimum Gasteiger partial charge on any atom is -0.392 e. The van der Waals surface area contributed by atoms with Crippen LogP contribution in [0.3, 0.4) is 0 Å². The standard InChI is InChI=1S/C7H11N5O3/c1-4(13)2-9-7-5(12(14)15)6(8)10-3-11-7/h3-4,13H,2H2,1H3,(H3,8,9,10,11). The van der Waals surface area contributed by atoms with Crippen LogP contribution in [-0.2, 0) is 0 Å². The molecule has 0 bridgehead atoms. The number of anilines is 2. The van der Waals surface area contributed by atoms with Gasteiger partial charge in [-0.05, 0) is 6.92 Å². The quantitative estimate of drug-likeness (QED) is 0.465. The van der Waals surface area contributed by atoms with Gasteiger partial charge in [0, 0.05) is 6.54 Å². The van der Waals surface area contributed by atoms with Crippen LogP contribution in [0.5, 0.6) is 0 Å². The Morgan fingerprint density at radius 2 is 2.40 bits per heavy atom. The smallest absolute Gasteiger partial charge is 0.352 e. The summed E-state index contributed by atoms with van der Waals surface area (Å²) < 4.78 is 0. The number of nitrogens with one attached hydrogen (secondary N) is 1. The summed E-state index contributed by atoms with van der Waals surface area (Å²) in [6, 6.07) is 0. The summed E-state index contributed by atoms with van der Waals surface area (Å²) in [5.41, 5.74) is 4.96. The lowest BCUT2D eigenvalue weighted by atomic mass is 10.4. The van der Waals surface area contributed by atoms with Crippen LogP contribution in [0.4, 0.5) is 17.3 Å². The Labute approximate surface area is 85.3 Å². The number of nitrogen functional groups attached to an aromatic ring is 1. The molecule has 1 aromatic heterocycles. The monoisotopic (exact) mass is 213 g/mol. The number of nitro groups is 1. The second kappa shape index (κ2) is 4.51. The van der Waals surface area contributed by atoms with Gasteiger partial charge in [0.25, 0.3) is 0 Å². The molecule has 0 fully saturated rings. The second-order valence-electron chi connectivity index (χ2n) is 2.94. The van der Waals surface area contributed by atoms with Gasteiger partial charge >= 0.3 is 5.69 Å². The molecule has 0 amide bonds.